The van der Waals surface area contributed by atoms with Gasteiger partial charge < -0.3 is 5.73 Å². The SMILES string of the molecule is CN=Cc1ccc2cc(N)ccc2c1. The lowest BCUT2D eigenvalue weighted by molar-refractivity contribution is 1.46. The Balaban J connectivity index is 2.61. The van der Waals surface area contributed by atoms with Crippen LogP contribution in [0.1, 0.15) is 5.56 Å². The lowest BCUT2D eigenvalue weighted by Gasteiger charge is -2.00. The summed E-state index contributed by atoms with van der Waals surface area (Å²) >= 11 is 0. The smallest absolute Gasteiger partial charge is 0.0320 e. The average Bonchev–Trinajstić information content (AvgIpc) is 2.19. The van der Waals surface area contributed by atoms with Gasteiger partial charge in [-0.25, -0.2) is 0 Å². The molecular formula is C12H12N2. The Labute approximate surface area is 83.1 Å². The van der Waals surface area contributed by atoms with E-state index in [9.17, 15) is 0 Å². The van der Waals surface area contributed by atoms with Gasteiger partial charge in [-0.15, -0.1) is 0 Å². The molecule has 2 N–H and O–H groups in total. The molecule has 0 aliphatic heterocycles. The number of fused-ring (bicyclic) bond motifs is 1. The van der Waals surface area contributed by atoms with Crippen molar-refractivity contribution >= 4 is 22.7 Å². The van der Waals surface area contributed by atoms with Crippen molar-refractivity contribution in [1.82, 2.24) is 0 Å². The predicted octanol–water partition coefficient (Wildman–Crippen LogP) is 2.47. The van der Waals surface area contributed by atoms with Gasteiger partial charge in [0.05, 0.1) is 0 Å². The second kappa shape index (κ2) is 3.50. The van der Waals surface area contributed by atoms with Crippen molar-refractivity contribution in [3.63, 3.8) is 0 Å². The first-order valence-corrected chi connectivity index (χ1v) is 4.51. The summed E-state index contributed by atoms with van der Waals surface area (Å²) in [7, 11) is 1.77. The Morgan fingerprint density at radius 3 is 2.57 bits per heavy atom. The number of nitrogen functional groups attached to an aromatic ring is 1. The highest BCUT2D eigenvalue weighted by molar-refractivity contribution is 5.91. The minimum atomic E-state index is 0.800. The average molecular weight is 184 g/mol. The summed E-state index contributed by atoms with van der Waals surface area (Å²) in [4.78, 5) is 3.98. The van der Waals surface area contributed by atoms with E-state index in [1.807, 2.05) is 30.5 Å². The third-order valence-corrected chi connectivity index (χ3v) is 2.17. The summed E-state index contributed by atoms with van der Waals surface area (Å²) in [6.45, 7) is 0. The zero-order valence-electron chi connectivity index (χ0n) is 8.07. The molecular weight excluding hydrogens is 172 g/mol. The summed E-state index contributed by atoms with van der Waals surface area (Å²) in [6.07, 6.45) is 1.84. The summed E-state index contributed by atoms with van der Waals surface area (Å²) in [5.41, 5.74) is 7.61. The van der Waals surface area contributed by atoms with Gasteiger partial charge in [0.15, 0.2) is 0 Å². The molecule has 0 fully saturated rings. The first-order chi connectivity index (χ1) is 6.79. The maximum Gasteiger partial charge on any atom is 0.0320 e. The van der Waals surface area contributed by atoms with Gasteiger partial charge in [-0.3, -0.25) is 4.99 Å². The standard InChI is InChI=1S/C12H12N2/c1-14-8-9-2-3-11-7-12(13)5-4-10(11)6-9/h2-8H,13H2,1H3. The van der Waals surface area contributed by atoms with Crippen molar-refractivity contribution in [3.8, 4) is 0 Å². The molecule has 70 valence electrons. The van der Waals surface area contributed by atoms with Crippen LogP contribution in [-0.2, 0) is 0 Å². The first kappa shape index (κ1) is 8.75. The molecule has 2 aromatic carbocycles. The molecule has 0 aliphatic carbocycles. The molecule has 0 atom stereocenters. The summed E-state index contributed by atoms with van der Waals surface area (Å²) in [6, 6.07) is 12.1. The van der Waals surface area contributed by atoms with Gasteiger partial charge in [-0.1, -0.05) is 18.2 Å². The Hall–Kier alpha value is -1.83. The summed E-state index contributed by atoms with van der Waals surface area (Å²) in [5.74, 6) is 0. The zero-order valence-corrected chi connectivity index (χ0v) is 8.07. The molecule has 0 saturated heterocycles. The van der Waals surface area contributed by atoms with Crippen molar-refractivity contribution in [2.75, 3.05) is 12.8 Å². The highest BCUT2D eigenvalue weighted by atomic mass is 14.6. The van der Waals surface area contributed by atoms with Crippen LogP contribution < -0.4 is 5.73 Å². The van der Waals surface area contributed by atoms with Gasteiger partial charge in [0.25, 0.3) is 0 Å². The van der Waals surface area contributed by atoms with E-state index in [1.165, 1.54) is 10.8 Å². The molecule has 0 unspecified atom stereocenters. The van der Waals surface area contributed by atoms with E-state index in [1.54, 1.807) is 7.05 Å². The molecule has 14 heavy (non-hydrogen) atoms. The van der Waals surface area contributed by atoms with Gasteiger partial charge >= 0.3 is 0 Å². The molecule has 0 aliphatic rings. The lowest BCUT2D eigenvalue weighted by Crippen LogP contribution is -1.85. The van der Waals surface area contributed by atoms with Crippen LogP contribution in [-0.4, -0.2) is 13.3 Å². The fourth-order valence-corrected chi connectivity index (χ4v) is 1.51. The minimum Gasteiger partial charge on any atom is -0.399 e. The Morgan fingerprint density at radius 2 is 1.79 bits per heavy atom. The van der Waals surface area contributed by atoms with Gasteiger partial charge in [0, 0.05) is 18.9 Å². The van der Waals surface area contributed by atoms with Crippen LogP contribution in [0.15, 0.2) is 41.4 Å². The molecule has 0 bridgehead atoms. The monoisotopic (exact) mass is 184 g/mol. The lowest BCUT2D eigenvalue weighted by atomic mass is 10.1. The minimum absolute atomic E-state index is 0.800. The van der Waals surface area contributed by atoms with Gasteiger partial charge in [-0.05, 0) is 34.5 Å². The fourth-order valence-electron chi connectivity index (χ4n) is 1.51. The first-order valence-electron chi connectivity index (χ1n) is 4.51. The van der Waals surface area contributed by atoms with Crippen LogP contribution in [0.3, 0.4) is 0 Å². The van der Waals surface area contributed by atoms with E-state index < -0.39 is 0 Å². The molecule has 0 saturated carbocycles. The summed E-state index contributed by atoms with van der Waals surface area (Å²) < 4.78 is 0. The molecule has 2 aromatic rings. The van der Waals surface area contributed by atoms with E-state index >= 15 is 0 Å². The second-order valence-corrected chi connectivity index (χ2v) is 3.25. The number of anilines is 1. The topological polar surface area (TPSA) is 38.4 Å². The van der Waals surface area contributed by atoms with Gasteiger partial charge in [-0.2, -0.15) is 0 Å². The number of hydrogen-bond acceptors (Lipinski definition) is 2. The maximum absolute atomic E-state index is 5.69. The van der Waals surface area contributed by atoms with Gasteiger partial charge in [0.1, 0.15) is 0 Å². The van der Waals surface area contributed by atoms with Crippen molar-refractivity contribution in [1.29, 1.82) is 0 Å². The molecule has 0 spiro atoms. The van der Waals surface area contributed by atoms with Crippen LogP contribution in [0.4, 0.5) is 5.69 Å². The van der Waals surface area contributed by atoms with Crippen molar-refractivity contribution in [2.24, 2.45) is 4.99 Å². The molecule has 2 nitrogen and oxygen atoms in total. The molecule has 0 amide bonds. The van der Waals surface area contributed by atoms with E-state index in [0.717, 1.165) is 11.3 Å². The van der Waals surface area contributed by atoms with E-state index in [-0.39, 0.29) is 0 Å². The third kappa shape index (κ3) is 1.59. The molecule has 2 rings (SSSR count). The second-order valence-electron chi connectivity index (χ2n) is 3.25. The van der Waals surface area contributed by atoms with Crippen LogP contribution >= 0.6 is 0 Å². The number of rotatable bonds is 1. The number of benzene rings is 2. The number of hydrogen-bond donors (Lipinski definition) is 1. The Morgan fingerprint density at radius 1 is 1.07 bits per heavy atom. The van der Waals surface area contributed by atoms with Crippen molar-refractivity contribution in [3.05, 3.63) is 42.0 Å². The zero-order chi connectivity index (χ0) is 9.97. The van der Waals surface area contributed by atoms with Crippen molar-refractivity contribution in [2.45, 2.75) is 0 Å². The highest BCUT2D eigenvalue weighted by Gasteiger charge is 1.94. The number of aliphatic imine (C=N–C) groups is 1. The molecule has 2 heteroatoms. The van der Waals surface area contributed by atoms with Crippen LogP contribution in [0.25, 0.3) is 10.8 Å². The number of nitrogens with zero attached hydrogens (tertiary/aromatic N) is 1. The maximum atomic E-state index is 5.69. The quantitative estimate of drug-likeness (QED) is 0.536. The normalized spacial score (nSPS) is 11.2. The van der Waals surface area contributed by atoms with E-state index in [0.29, 0.717) is 0 Å². The number of nitrogens with two attached hydrogens (primary N) is 1. The Bertz CT molecular complexity index is 487. The molecule has 0 radical (unpaired) electrons. The molecule has 0 aromatic heterocycles. The largest absolute Gasteiger partial charge is 0.399 e. The highest BCUT2D eigenvalue weighted by Crippen LogP contribution is 2.18. The third-order valence-electron chi connectivity index (χ3n) is 2.17. The van der Waals surface area contributed by atoms with Crippen LogP contribution in [0.2, 0.25) is 0 Å². The van der Waals surface area contributed by atoms with Crippen LogP contribution in [0.5, 0.6) is 0 Å². The van der Waals surface area contributed by atoms with Gasteiger partial charge in [0.2, 0.25) is 0 Å². The van der Waals surface area contributed by atoms with E-state index in [2.05, 4.69) is 17.1 Å². The fraction of sp³-hybridized carbons (Fsp3) is 0.0833. The molecule has 0 heterocycles. The van der Waals surface area contributed by atoms with Crippen LogP contribution in [0, 0.1) is 0 Å². The predicted molar refractivity (Wildman–Crippen MR) is 61.9 cm³/mol. The Kier molecular flexibility index (Phi) is 2.19. The van der Waals surface area contributed by atoms with Crippen molar-refractivity contribution < 1.29 is 0 Å². The summed E-state index contributed by atoms with van der Waals surface area (Å²) in [5, 5.41) is 2.36. The van der Waals surface area contributed by atoms with E-state index in [4.69, 9.17) is 5.73 Å².